The maximum atomic E-state index is 13.5. The maximum Gasteiger partial charge on any atom is 0.416 e. The van der Waals surface area contributed by atoms with E-state index in [-0.39, 0.29) is 24.3 Å². The van der Waals surface area contributed by atoms with Gasteiger partial charge >= 0.3 is 18.4 Å². The lowest BCUT2D eigenvalue weighted by molar-refractivity contribution is -0.143. The highest BCUT2D eigenvalue weighted by Gasteiger charge is 2.39. The number of hydrogen-bond donors (Lipinski definition) is 0. The van der Waals surface area contributed by atoms with Crippen LogP contribution in [-0.2, 0) is 46.0 Å². The molecular formula is C28H32F6N2O4. The molecule has 3 rings (SSSR count). The van der Waals surface area contributed by atoms with Gasteiger partial charge in [-0.15, -0.1) is 0 Å². The van der Waals surface area contributed by atoms with Crippen LogP contribution in [-0.4, -0.2) is 43.8 Å². The summed E-state index contributed by atoms with van der Waals surface area (Å²) in [6.45, 7) is 6.13. The highest BCUT2D eigenvalue weighted by Crippen LogP contribution is 2.43. The van der Waals surface area contributed by atoms with E-state index < -0.39 is 42.2 Å². The lowest BCUT2D eigenvalue weighted by Crippen LogP contribution is -2.46. The van der Waals surface area contributed by atoms with E-state index in [1.807, 2.05) is 37.8 Å². The Labute approximate surface area is 228 Å². The number of carbonyl (C=O) groups is 2. The maximum absolute atomic E-state index is 13.5. The predicted molar refractivity (Wildman–Crippen MR) is 136 cm³/mol. The summed E-state index contributed by atoms with van der Waals surface area (Å²) in [7, 11) is 1.11. The third-order valence-electron chi connectivity index (χ3n) is 7.18. The van der Waals surface area contributed by atoms with Gasteiger partial charge in [-0.1, -0.05) is 19.9 Å². The zero-order valence-corrected chi connectivity index (χ0v) is 22.7. The number of rotatable bonds is 9. The van der Waals surface area contributed by atoms with Crippen LogP contribution in [0.5, 0.6) is 0 Å². The molecule has 2 aromatic rings. The number of hydrogen-bond acceptors (Lipinski definition) is 5. The summed E-state index contributed by atoms with van der Waals surface area (Å²) in [6.07, 6.45) is -9.22. The minimum absolute atomic E-state index is 0.0586. The monoisotopic (exact) mass is 574 g/mol. The van der Waals surface area contributed by atoms with Crippen LogP contribution in [0.3, 0.4) is 0 Å². The number of alkyl halides is 6. The smallest absolute Gasteiger partial charge is 0.416 e. The van der Waals surface area contributed by atoms with E-state index in [1.54, 1.807) is 0 Å². The fraction of sp³-hybridized carbons (Fsp3) is 0.500. The first-order valence-corrected chi connectivity index (χ1v) is 12.9. The summed E-state index contributed by atoms with van der Waals surface area (Å²) < 4.78 is 91.0. The van der Waals surface area contributed by atoms with Crippen molar-refractivity contribution in [1.29, 1.82) is 0 Å². The molecule has 6 nitrogen and oxygen atoms in total. The van der Waals surface area contributed by atoms with Crippen LogP contribution in [0.2, 0.25) is 0 Å². The molecule has 2 unspecified atom stereocenters. The second kappa shape index (κ2) is 12.4. The SMILES string of the molecule is CCc1cc2c(cc1CC)N(CCOC=O)C(C)CC2N(Cc1cc(C(F)(F)F)cc(C(F)(F)F)c1)C(=O)OC. The normalized spacial score (nSPS) is 17.3. The third kappa shape index (κ3) is 6.82. The average Bonchev–Trinajstić information content (AvgIpc) is 2.90. The summed E-state index contributed by atoms with van der Waals surface area (Å²) in [4.78, 5) is 27.0. The molecule has 0 aliphatic carbocycles. The van der Waals surface area contributed by atoms with Gasteiger partial charge in [0.1, 0.15) is 6.61 Å². The molecule has 0 aromatic heterocycles. The number of nitrogens with zero attached hydrogens (tertiary/aromatic N) is 2. The van der Waals surface area contributed by atoms with Crippen molar-refractivity contribution in [3.8, 4) is 0 Å². The highest BCUT2D eigenvalue weighted by atomic mass is 19.4. The molecular weight excluding hydrogens is 542 g/mol. The van der Waals surface area contributed by atoms with E-state index in [2.05, 4.69) is 0 Å². The molecule has 0 bridgehead atoms. The number of anilines is 1. The number of ether oxygens (including phenoxy) is 2. The summed E-state index contributed by atoms with van der Waals surface area (Å²) in [5, 5.41) is 0. The van der Waals surface area contributed by atoms with Crippen molar-refractivity contribution >= 4 is 18.3 Å². The van der Waals surface area contributed by atoms with E-state index in [0.717, 1.165) is 30.3 Å². The topological polar surface area (TPSA) is 59.1 Å². The van der Waals surface area contributed by atoms with Gasteiger partial charge in [-0.05, 0) is 72.7 Å². The lowest BCUT2D eigenvalue weighted by Gasteiger charge is -2.44. The number of benzene rings is 2. The molecule has 0 N–H and O–H groups in total. The fourth-order valence-corrected chi connectivity index (χ4v) is 5.25. The van der Waals surface area contributed by atoms with E-state index in [1.165, 1.54) is 4.90 Å². The molecule has 12 heteroatoms. The predicted octanol–water partition coefficient (Wildman–Crippen LogP) is 6.93. The van der Waals surface area contributed by atoms with Gasteiger partial charge < -0.3 is 14.4 Å². The largest absolute Gasteiger partial charge is 0.466 e. The van der Waals surface area contributed by atoms with Crippen molar-refractivity contribution in [3.05, 3.63) is 63.7 Å². The van der Waals surface area contributed by atoms with Crippen LogP contribution in [0.4, 0.5) is 36.8 Å². The van der Waals surface area contributed by atoms with Crippen LogP contribution >= 0.6 is 0 Å². The van der Waals surface area contributed by atoms with Crippen LogP contribution in [0.15, 0.2) is 30.3 Å². The van der Waals surface area contributed by atoms with Crippen molar-refractivity contribution in [1.82, 2.24) is 4.90 Å². The van der Waals surface area contributed by atoms with Gasteiger partial charge in [-0.25, -0.2) is 4.79 Å². The third-order valence-corrected chi connectivity index (χ3v) is 7.18. The van der Waals surface area contributed by atoms with E-state index in [9.17, 15) is 35.9 Å². The first-order chi connectivity index (χ1) is 18.7. The summed E-state index contributed by atoms with van der Waals surface area (Å²) in [6, 6.07) is 4.30. The Morgan fingerprint density at radius 2 is 1.57 bits per heavy atom. The molecule has 40 heavy (non-hydrogen) atoms. The first-order valence-electron chi connectivity index (χ1n) is 12.9. The van der Waals surface area contributed by atoms with E-state index in [4.69, 9.17) is 9.47 Å². The zero-order chi connectivity index (χ0) is 29.8. The first kappa shape index (κ1) is 31.1. The van der Waals surface area contributed by atoms with Crippen LogP contribution in [0, 0.1) is 0 Å². The molecule has 220 valence electrons. The van der Waals surface area contributed by atoms with Crippen molar-refractivity contribution < 1.29 is 45.4 Å². The number of aryl methyl sites for hydroxylation is 2. The van der Waals surface area contributed by atoms with Gasteiger partial charge in [0.25, 0.3) is 6.47 Å². The van der Waals surface area contributed by atoms with Crippen molar-refractivity contribution in [2.24, 2.45) is 0 Å². The Kier molecular flexibility index (Phi) is 9.63. The van der Waals surface area contributed by atoms with E-state index >= 15 is 0 Å². The zero-order valence-electron chi connectivity index (χ0n) is 22.7. The minimum atomic E-state index is -5.02. The van der Waals surface area contributed by atoms with Crippen molar-refractivity contribution in [2.75, 3.05) is 25.2 Å². The highest BCUT2D eigenvalue weighted by molar-refractivity contribution is 5.70. The van der Waals surface area contributed by atoms with Crippen LogP contribution in [0.1, 0.15) is 66.6 Å². The molecule has 0 saturated heterocycles. The molecule has 0 fully saturated rings. The molecule has 1 amide bonds. The Hall–Kier alpha value is -3.44. The molecule has 1 heterocycles. The van der Waals surface area contributed by atoms with Gasteiger partial charge in [-0.2, -0.15) is 26.3 Å². The van der Waals surface area contributed by atoms with Gasteiger partial charge in [-0.3, -0.25) is 9.69 Å². The Morgan fingerprint density at radius 1 is 1.00 bits per heavy atom. The second-order valence-electron chi connectivity index (χ2n) is 9.66. The molecule has 1 aliphatic rings. The molecule has 1 aliphatic heterocycles. The number of methoxy groups -OCH3 is 1. The lowest BCUT2D eigenvalue weighted by atomic mass is 9.86. The number of halogens is 6. The van der Waals surface area contributed by atoms with Gasteiger partial charge in [0.05, 0.1) is 30.8 Å². The molecule has 0 radical (unpaired) electrons. The average molecular weight is 575 g/mol. The van der Waals surface area contributed by atoms with Gasteiger partial charge in [0.15, 0.2) is 0 Å². The Bertz CT molecular complexity index is 1180. The van der Waals surface area contributed by atoms with Crippen molar-refractivity contribution in [3.63, 3.8) is 0 Å². The molecule has 2 atom stereocenters. The number of amides is 1. The fourth-order valence-electron chi connectivity index (χ4n) is 5.25. The number of fused-ring (bicyclic) bond motifs is 1. The Balaban J connectivity index is 2.16. The molecule has 2 aromatic carbocycles. The summed E-state index contributed by atoms with van der Waals surface area (Å²) in [5.41, 5.74) is 0.266. The number of carbonyl (C=O) groups excluding carboxylic acids is 2. The summed E-state index contributed by atoms with van der Waals surface area (Å²) in [5.74, 6) is 0. The van der Waals surface area contributed by atoms with Gasteiger partial charge in [0, 0.05) is 18.3 Å². The minimum Gasteiger partial charge on any atom is -0.466 e. The molecule has 0 spiro atoms. The van der Waals surface area contributed by atoms with Crippen LogP contribution < -0.4 is 4.90 Å². The van der Waals surface area contributed by atoms with Crippen molar-refractivity contribution in [2.45, 2.75) is 71.0 Å². The standard InChI is InChI=1S/C28H32F6N2O4/c1-5-19-12-23-24(9-17(3)35(7-8-40-16-37)25(23)13-20(19)6-2)36(26(38)39-4)15-18-10-21(27(29,30)31)14-22(11-18)28(32,33)34/h10-14,16-17,24H,5-9,15H2,1-4H3. The van der Waals surface area contributed by atoms with Crippen LogP contribution in [0.25, 0.3) is 0 Å². The second-order valence-corrected chi connectivity index (χ2v) is 9.66. The quantitative estimate of drug-likeness (QED) is 0.185. The Morgan fingerprint density at radius 3 is 2.08 bits per heavy atom. The summed E-state index contributed by atoms with van der Waals surface area (Å²) >= 11 is 0. The molecule has 0 saturated carbocycles. The van der Waals surface area contributed by atoms with Gasteiger partial charge in [0.2, 0.25) is 0 Å². The van der Waals surface area contributed by atoms with E-state index in [0.29, 0.717) is 43.6 Å².